The first-order valence-electron chi connectivity index (χ1n) is 5.85. The van der Waals surface area contributed by atoms with E-state index >= 15 is 0 Å². The molecular formula is C13H16FNO3. The first-order chi connectivity index (χ1) is 8.69. The predicted molar refractivity (Wildman–Crippen MR) is 63.5 cm³/mol. The Labute approximate surface area is 105 Å². The Morgan fingerprint density at radius 1 is 1.50 bits per heavy atom. The Hall–Kier alpha value is -1.46. The molecule has 18 heavy (non-hydrogen) atoms. The molecule has 0 bridgehead atoms. The van der Waals surface area contributed by atoms with Crippen LogP contribution in [0.5, 0.6) is 0 Å². The number of methoxy groups -OCH3 is 1. The highest BCUT2D eigenvalue weighted by Crippen LogP contribution is 2.22. The second-order valence-electron chi connectivity index (χ2n) is 4.22. The van der Waals surface area contributed by atoms with Gasteiger partial charge in [-0.05, 0) is 17.7 Å². The number of halogens is 1. The van der Waals surface area contributed by atoms with Crippen molar-refractivity contribution >= 4 is 5.97 Å². The van der Waals surface area contributed by atoms with Crippen LogP contribution >= 0.6 is 0 Å². The van der Waals surface area contributed by atoms with E-state index in [0.717, 1.165) is 5.56 Å². The molecule has 1 atom stereocenters. The average Bonchev–Trinajstić information content (AvgIpc) is 2.40. The number of morpholine rings is 1. The Morgan fingerprint density at radius 3 is 2.89 bits per heavy atom. The Kier molecular flexibility index (Phi) is 4.28. The Morgan fingerprint density at radius 2 is 2.22 bits per heavy atom. The molecule has 0 spiro atoms. The number of rotatable bonds is 3. The largest absolute Gasteiger partial charge is 0.468 e. The molecule has 1 aromatic carbocycles. The summed E-state index contributed by atoms with van der Waals surface area (Å²) in [6.07, 6.45) is -0.121. The lowest BCUT2D eigenvalue weighted by Gasteiger charge is -2.32. The van der Waals surface area contributed by atoms with Gasteiger partial charge in [0.15, 0.2) is 0 Å². The monoisotopic (exact) mass is 253 g/mol. The minimum Gasteiger partial charge on any atom is -0.468 e. The summed E-state index contributed by atoms with van der Waals surface area (Å²) in [6, 6.07) is 6.25. The van der Waals surface area contributed by atoms with E-state index in [2.05, 4.69) is 4.74 Å². The third kappa shape index (κ3) is 3.27. The normalized spacial score (nSPS) is 20.7. The fraction of sp³-hybridized carbons (Fsp3) is 0.462. The number of carbonyl (C=O) groups is 1. The van der Waals surface area contributed by atoms with Gasteiger partial charge in [0.25, 0.3) is 0 Å². The smallest absolute Gasteiger partial charge is 0.319 e. The molecule has 0 aliphatic carbocycles. The molecule has 0 amide bonds. The molecule has 1 aliphatic rings. The zero-order valence-electron chi connectivity index (χ0n) is 10.3. The summed E-state index contributed by atoms with van der Waals surface area (Å²) in [5, 5.41) is 0. The molecule has 0 unspecified atom stereocenters. The molecule has 1 saturated heterocycles. The van der Waals surface area contributed by atoms with Crippen molar-refractivity contribution in [1.82, 2.24) is 4.90 Å². The van der Waals surface area contributed by atoms with E-state index < -0.39 is 0 Å². The van der Waals surface area contributed by atoms with E-state index in [4.69, 9.17) is 4.74 Å². The third-order valence-corrected chi connectivity index (χ3v) is 2.97. The van der Waals surface area contributed by atoms with Crippen LogP contribution in [0.2, 0.25) is 0 Å². The second-order valence-corrected chi connectivity index (χ2v) is 4.22. The molecule has 1 fully saturated rings. The van der Waals surface area contributed by atoms with Crippen molar-refractivity contribution in [1.29, 1.82) is 0 Å². The molecule has 1 aromatic rings. The maximum atomic E-state index is 12.8. The molecule has 4 nitrogen and oxygen atoms in total. The van der Waals surface area contributed by atoms with Crippen LogP contribution in [-0.4, -0.2) is 44.2 Å². The van der Waals surface area contributed by atoms with Crippen molar-refractivity contribution in [2.75, 3.05) is 33.4 Å². The van der Waals surface area contributed by atoms with Gasteiger partial charge in [-0.3, -0.25) is 9.69 Å². The maximum absolute atomic E-state index is 12.8. The fourth-order valence-electron chi connectivity index (χ4n) is 1.97. The van der Waals surface area contributed by atoms with Gasteiger partial charge >= 0.3 is 5.97 Å². The van der Waals surface area contributed by atoms with Crippen LogP contribution in [0.15, 0.2) is 24.3 Å². The van der Waals surface area contributed by atoms with E-state index in [9.17, 15) is 9.18 Å². The Bertz CT molecular complexity index is 407. The van der Waals surface area contributed by atoms with Crippen molar-refractivity contribution in [2.45, 2.75) is 6.10 Å². The van der Waals surface area contributed by atoms with Gasteiger partial charge in [0.2, 0.25) is 0 Å². The highest BCUT2D eigenvalue weighted by atomic mass is 19.1. The Balaban J connectivity index is 1.98. The van der Waals surface area contributed by atoms with Gasteiger partial charge in [-0.25, -0.2) is 4.39 Å². The van der Waals surface area contributed by atoms with Crippen molar-refractivity contribution in [2.24, 2.45) is 0 Å². The second kappa shape index (κ2) is 5.93. The molecular weight excluding hydrogens is 237 g/mol. The van der Waals surface area contributed by atoms with Crippen molar-refractivity contribution < 1.29 is 18.7 Å². The fourth-order valence-corrected chi connectivity index (χ4v) is 1.97. The molecule has 2 rings (SSSR count). The van der Waals surface area contributed by atoms with Crippen LogP contribution in [0.4, 0.5) is 4.39 Å². The van der Waals surface area contributed by atoms with Gasteiger partial charge < -0.3 is 9.47 Å². The van der Waals surface area contributed by atoms with Gasteiger partial charge in [-0.1, -0.05) is 12.1 Å². The topological polar surface area (TPSA) is 38.8 Å². The van der Waals surface area contributed by atoms with Gasteiger partial charge in [0.05, 0.1) is 26.4 Å². The number of hydrogen-bond acceptors (Lipinski definition) is 4. The lowest BCUT2D eigenvalue weighted by atomic mass is 10.1. The third-order valence-electron chi connectivity index (χ3n) is 2.97. The lowest BCUT2D eigenvalue weighted by Crippen LogP contribution is -2.41. The van der Waals surface area contributed by atoms with E-state index in [1.54, 1.807) is 12.1 Å². The molecule has 5 heteroatoms. The van der Waals surface area contributed by atoms with E-state index in [0.29, 0.717) is 19.7 Å². The summed E-state index contributed by atoms with van der Waals surface area (Å²) in [5.74, 6) is -0.518. The number of esters is 1. The van der Waals surface area contributed by atoms with Crippen LogP contribution in [0.1, 0.15) is 11.7 Å². The van der Waals surface area contributed by atoms with Gasteiger partial charge in [0.1, 0.15) is 5.82 Å². The molecule has 1 heterocycles. The van der Waals surface area contributed by atoms with Crippen LogP contribution in [0.3, 0.4) is 0 Å². The van der Waals surface area contributed by atoms with Gasteiger partial charge in [-0.15, -0.1) is 0 Å². The summed E-state index contributed by atoms with van der Waals surface area (Å²) in [7, 11) is 1.38. The zero-order valence-corrected chi connectivity index (χ0v) is 10.3. The highest BCUT2D eigenvalue weighted by Gasteiger charge is 2.23. The number of nitrogens with zero attached hydrogens (tertiary/aromatic N) is 1. The average molecular weight is 253 g/mol. The summed E-state index contributed by atoms with van der Waals surface area (Å²) in [5.41, 5.74) is 0.922. The summed E-state index contributed by atoms with van der Waals surface area (Å²) in [6.45, 7) is 2.13. The molecule has 0 aromatic heterocycles. The first-order valence-corrected chi connectivity index (χ1v) is 5.85. The molecule has 98 valence electrons. The SMILES string of the molecule is COC(=O)CN1CCO[C@H](c2ccc(F)cc2)C1. The zero-order chi connectivity index (χ0) is 13.0. The predicted octanol–water partition coefficient (Wildman–Crippen LogP) is 1.37. The number of hydrogen-bond donors (Lipinski definition) is 0. The van der Waals surface area contributed by atoms with Crippen molar-refractivity contribution in [3.05, 3.63) is 35.6 Å². The van der Waals surface area contributed by atoms with Crippen LogP contribution < -0.4 is 0 Å². The first kappa shape index (κ1) is 13.0. The van der Waals surface area contributed by atoms with Gasteiger partial charge in [0, 0.05) is 13.1 Å². The molecule has 0 N–H and O–H groups in total. The van der Waals surface area contributed by atoms with Crippen LogP contribution in [-0.2, 0) is 14.3 Å². The van der Waals surface area contributed by atoms with Crippen LogP contribution in [0.25, 0.3) is 0 Å². The van der Waals surface area contributed by atoms with Crippen molar-refractivity contribution in [3.63, 3.8) is 0 Å². The summed E-state index contributed by atoms with van der Waals surface area (Å²) >= 11 is 0. The van der Waals surface area contributed by atoms with E-state index in [-0.39, 0.29) is 24.4 Å². The van der Waals surface area contributed by atoms with Crippen molar-refractivity contribution in [3.8, 4) is 0 Å². The lowest BCUT2D eigenvalue weighted by molar-refractivity contribution is -0.143. The van der Waals surface area contributed by atoms with Gasteiger partial charge in [-0.2, -0.15) is 0 Å². The highest BCUT2D eigenvalue weighted by molar-refractivity contribution is 5.71. The molecule has 1 aliphatic heterocycles. The maximum Gasteiger partial charge on any atom is 0.319 e. The molecule has 0 saturated carbocycles. The van der Waals surface area contributed by atoms with E-state index in [1.807, 2.05) is 4.90 Å². The minimum absolute atomic E-state index is 0.121. The number of ether oxygens (including phenoxy) is 2. The quantitative estimate of drug-likeness (QED) is 0.763. The molecule has 0 radical (unpaired) electrons. The standard InChI is InChI=1S/C13H16FNO3/c1-17-13(16)9-15-6-7-18-12(8-15)10-2-4-11(14)5-3-10/h2-5,12H,6-9H2,1H3/t12-/m0/s1. The van der Waals surface area contributed by atoms with E-state index in [1.165, 1.54) is 19.2 Å². The van der Waals surface area contributed by atoms with Crippen LogP contribution in [0, 0.1) is 5.82 Å². The summed E-state index contributed by atoms with van der Waals surface area (Å²) < 4.78 is 23.1. The number of benzene rings is 1. The minimum atomic E-state index is -0.263. The summed E-state index contributed by atoms with van der Waals surface area (Å²) in [4.78, 5) is 13.2. The number of carbonyl (C=O) groups excluding carboxylic acids is 1.